The molecular weight excluding hydrogens is 430 g/mol. The number of nitrogens with zero attached hydrogens (tertiary/aromatic N) is 1. The minimum Gasteiger partial charge on any atom is -0.486 e. The fourth-order valence-corrected chi connectivity index (χ4v) is 4.27. The van der Waals surface area contributed by atoms with E-state index >= 15 is 0 Å². The van der Waals surface area contributed by atoms with E-state index in [-0.39, 0.29) is 17.4 Å². The number of amides is 1. The third-order valence-electron chi connectivity index (χ3n) is 6.07. The zero-order valence-electron chi connectivity index (χ0n) is 19.1. The average Bonchev–Trinajstić information content (AvgIpc) is 2.89. The molecule has 4 aromatic rings. The van der Waals surface area contributed by atoms with E-state index in [0.717, 1.165) is 5.56 Å². The largest absolute Gasteiger partial charge is 0.486 e. The fourth-order valence-electron chi connectivity index (χ4n) is 4.27. The van der Waals surface area contributed by atoms with E-state index in [1.165, 1.54) is 0 Å². The number of benzene rings is 3. The van der Waals surface area contributed by atoms with Crippen LogP contribution in [0, 0.1) is 6.92 Å². The van der Waals surface area contributed by atoms with Gasteiger partial charge >= 0.3 is 0 Å². The van der Waals surface area contributed by atoms with Crippen molar-refractivity contribution in [2.45, 2.75) is 20.0 Å². The number of para-hydroxylation sites is 3. The molecule has 0 spiro atoms. The molecule has 0 saturated heterocycles. The molecule has 1 unspecified atom stereocenters. The van der Waals surface area contributed by atoms with Gasteiger partial charge in [0.15, 0.2) is 28.6 Å². The number of hydrogen-bond acceptors (Lipinski definition) is 5. The Hall–Kier alpha value is -4.06. The van der Waals surface area contributed by atoms with E-state index in [4.69, 9.17) is 13.9 Å². The van der Waals surface area contributed by atoms with E-state index in [1.807, 2.05) is 61.5 Å². The summed E-state index contributed by atoms with van der Waals surface area (Å²) in [6, 6.07) is 22.1. The maximum absolute atomic E-state index is 13.6. The predicted molar refractivity (Wildman–Crippen MR) is 131 cm³/mol. The molecule has 0 bridgehead atoms. The van der Waals surface area contributed by atoms with Gasteiger partial charge in [-0.05, 0) is 38.1 Å². The summed E-state index contributed by atoms with van der Waals surface area (Å²) < 4.78 is 18.1. The average molecular weight is 456 g/mol. The lowest BCUT2D eigenvalue weighted by Gasteiger charge is -2.31. The topological polar surface area (TPSA) is 69.0 Å². The number of rotatable bonds is 5. The van der Waals surface area contributed by atoms with Crippen LogP contribution in [0.1, 0.15) is 22.8 Å². The lowest BCUT2D eigenvalue weighted by Crippen LogP contribution is -2.43. The first kappa shape index (κ1) is 21.8. The van der Waals surface area contributed by atoms with Crippen molar-refractivity contribution in [3.05, 3.63) is 94.1 Å². The number of ether oxygens (including phenoxy) is 2. The van der Waals surface area contributed by atoms with E-state index in [0.29, 0.717) is 59.1 Å². The number of carbonyl (C=O) groups excluding carboxylic acids is 1. The number of hydrogen-bond donors (Lipinski definition) is 0. The van der Waals surface area contributed by atoms with Crippen LogP contribution in [0.25, 0.3) is 22.3 Å². The zero-order chi connectivity index (χ0) is 23.7. The molecule has 0 aliphatic carbocycles. The molecule has 5 rings (SSSR count). The molecule has 1 aliphatic heterocycles. The summed E-state index contributed by atoms with van der Waals surface area (Å²) in [4.78, 5) is 28.5. The molecule has 34 heavy (non-hydrogen) atoms. The van der Waals surface area contributed by atoms with Crippen molar-refractivity contribution in [2.24, 2.45) is 0 Å². The number of fused-ring (bicyclic) bond motifs is 2. The maximum Gasteiger partial charge on any atom is 0.257 e. The van der Waals surface area contributed by atoms with Gasteiger partial charge in [0.25, 0.3) is 5.91 Å². The Kier molecular flexibility index (Phi) is 5.80. The molecular formula is C28H25NO5. The Bertz CT molecular complexity index is 1410. The smallest absolute Gasteiger partial charge is 0.257 e. The van der Waals surface area contributed by atoms with Gasteiger partial charge in [0.2, 0.25) is 0 Å². The van der Waals surface area contributed by atoms with Gasteiger partial charge in [0.05, 0.1) is 17.5 Å². The van der Waals surface area contributed by atoms with Crippen molar-refractivity contribution in [1.29, 1.82) is 0 Å². The molecule has 2 heterocycles. The highest BCUT2D eigenvalue weighted by atomic mass is 16.6. The quantitative estimate of drug-likeness (QED) is 0.420. The lowest BCUT2D eigenvalue weighted by atomic mass is 10.0. The van der Waals surface area contributed by atoms with Crippen LogP contribution < -0.4 is 14.9 Å². The molecule has 1 atom stereocenters. The molecule has 0 radical (unpaired) electrons. The normalized spacial score (nSPS) is 14.7. The maximum atomic E-state index is 13.6. The van der Waals surface area contributed by atoms with Gasteiger partial charge in [0, 0.05) is 17.7 Å². The van der Waals surface area contributed by atoms with Gasteiger partial charge in [-0.2, -0.15) is 0 Å². The van der Waals surface area contributed by atoms with Gasteiger partial charge in [0.1, 0.15) is 12.4 Å². The summed E-state index contributed by atoms with van der Waals surface area (Å²) >= 11 is 0. The molecule has 6 heteroatoms. The SMILES string of the molecule is CCN(CC1COc2ccccc2O1)C(=O)c1cccc2c(=O)c(C)c(-c3ccccc3)oc12. The monoisotopic (exact) mass is 455 g/mol. The van der Waals surface area contributed by atoms with Gasteiger partial charge in [-0.1, -0.05) is 48.5 Å². The molecule has 6 nitrogen and oxygen atoms in total. The van der Waals surface area contributed by atoms with Crippen LogP contribution >= 0.6 is 0 Å². The number of likely N-dealkylation sites (N-methyl/N-ethyl adjacent to an activating group) is 1. The van der Waals surface area contributed by atoms with Crippen molar-refractivity contribution < 1.29 is 18.7 Å². The minimum absolute atomic E-state index is 0.140. The Morgan fingerprint density at radius 2 is 1.71 bits per heavy atom. The Morgan fingerprint density at radius 3 is 2.47 bits per heavy atom. The Morgan fingerprint density at radius 1 is 0.971 bits per heavy atom. The molecule has 1 aliphatic rings. The highest BCUT2D eigenvalue weighted by Gasteiger charge is 2.27. The Labute approximate surface area is 197 Å². The first-order valence-electron chi connectivity index (χ1n) is 11.4. The third-order valence-corrected chi connectivity index (χ3v) is 6.07. The standard InChI is InChI=1S/C28H25NO5/c1-3-29(16-20-17-32-23-14-7-8-15-24(23)33-20)28(31)22-13-9-12-21-25(30)18(2)26(34-27(21)22)19-10-5-4-6-11-19/h4-15,20H,3,16-17H2,1-2H3. The van der Waals surface area contributed by atoms with Crippen molar-refractivity contribution in [2.75, 3.05) is 19.7 Å². The molecule has 0 saturated carbocycles. The molecule has 1 amide bonds. The zero-order valence-corrected chi connectivity index (χ0v) is 19.1. The van der Waals surface area contributed by atoms with Crippen LogP contribution in [-0.4, -0.2) is 36.6 Å². The summed E-state index contributed by atoms with van der Waals surface area (Å²) in [6.07, 6.45) is -0.303. The molecule has 172 valence electrons. The van der Waals surface area contributed by atoms with E-state index < -0.39 is 0 Å². The van der Waals surface area contributed by atoms with Crippen LogP contribution in [0.5, 0.6) is 11.5 Å². The lowest BCUT2D eigenvalue weighted by molar-refractivity contribution is 0.0475. The summed E-state index contributed by atoms with van der Waals surface area (Å²) in [7, 11) is 0. The molecule has 3 aromatic carbocycles. The van der Waals surface area contributed by atoms with Gasteiger partial charge in [-0.25, -0.2) is 0 Å². The summed E-state index contributed by atoms with van der Waals surface area (Å²) in [5.41, 5.74) is 1.82. The second-order valence-electron chi connectivity index (χ2n) is 8.27. The second kappa shape index (κ2) is 9.06. The first-order valence-corrected chi connectivity index (χ1v) is 11.4. The summed E-state index contributed by atoms with van der Waals surface area (Å²) in [5, 5.41) is 0.394. The first-order chi connectivity index (χ1) is 16.6. The summed E-state index contributed by atoms with van der Waals surface area (Å²) in [6.45, 7) is 4.83. The van der Waals surface area contributed by atoms with Crippen molar-refractivity contribution in [3.63, 3.8) is 0 Å². The van der Waals surface area contributed by atoms with Gasteiger partial charge < -0.3 is 18.8 Å². The Balaban J connectivity index is 1.50. The predicted octanol–water partition coefficient (Wildman–Crippen LogP) is 5.07. The van der Waals surface area contributed by atoms with E-state index in [1.54, 1.807) is 30.0 Å². The second-order valence-corrected chi connectivity index (χ2v) is 8.27. The van der Waals surface area contributed by atoms with Crippen LogP contribution in [0.2, 0.25) is 0 Å². The van der Waals surface area contributed by atoms with Gasteiger partial charge in [-0.15, -0.1) is 0 Å². The highest BCUT2D eigenvalue weighted by Crippen LogP contribution is 2.32. The van der Waals surface area contributed by atoms with Crippen LogP contribution in [-0.2, 0) is 0 Å². The molecule has 0 N–H and O–H groups in total. The highest BCUT2D eigenvalue weighted by molar-refractivity contribution is 6.05. The van der Waals surface area contributed by atoms with Crippen LogP contribution in [0.15, 0.2) is 82.0 Å². The van der Waals surface area contributed by atoms with Crippen LogP contribution in [0.3, 0.4) is 0 Å². The minimum atomic E-state index is -0.303. The molecule has 1 aromatic heterocycles. The number of carbonyl (C=O) groups is 1. The molecule has 0 fully saturated rings. The van der Waals surface area contributed by atoms with E-state index in [9.17, 15) is 9.59 Å². The van der Waals surface area contributed by atoms with E-state index in [2.05, 4.69) is 0 Å². The van der Waals surface area contributed by atoms with Gasteiger partial charge in [-0.3, -0.25) is 9.59 Å². The fraction of sp³-hybridized carbons (Fsp3) is 0.214. The van der Waals surface area contributed by atoms with Crippen molar-refractivity contribution in [1.82, 2.24) is 4.90 Å². The van der Waals surface area contributed by atoms with Crippen molar-refractivity contribution in [3.8, 4) is 22.8 Å². The summed E-state index contributed by atoms with van der Waals surface area (Å²) in [5.74, 6) is 1.62. The van der Waals surface area contributed by atoms with Crippen LogP contribution in [0.4, 0.5) is 0 Å². The van der Waals surface area contributed by atoms with Crippen molar-refractivity contribution >= 4 is 16.9 Å². The third kappa shape index (κ3) is 3.92.